The van der Waals surface area contributed by atoms with Gasteiger partial charge in [-0.3, -0.25) is 0 Å². The topological polar surface area (TPSA) is 58.3 Å². The van der Waals surface area contributed by atoms with Crippen LogP contribution in [-0.4, -0.2) is 22.2 Å². The van der Waals surface area contributed by atoms with Gasteiger partial charge in [-0.05, 0) is 25.5 Å². The SMILES string of the molecule is CCCC(C)(CO)NCc1coc(-c2ccccc2)n1. The number of hydrogen-bond acceptors (Lipinski definition) is 4. The first kappa shape index (κ1) is 14.8. The Kier molecular flexibility index (Phi) is 4.93. The Hall–Kier alpha value is -1.65. The Morgan fingerprint density at radius 3 is 2.70 bits per heavy atom. The van der Waals surface area contributed by atoms with Crippen LogP contribution in [0.2, 0.25) is 0 Å². The maximum atomic E-state index is 9.47. The van der Waals surface area contributed by atoms with E-state index in [0.29, 0.717) is 12.4 Å². The Bertz CT molecular complexity index is 524. The molecular weight excluding hydrogens is 252 g/mol. The fourth-order valence-corrected chi connectivity index (χ4v) is 2.18. The van der Waals surface area contributed by atoms with E-state index in [9.17, 15) is 5.11 Å². The molecule has 1 atom stereocenters. The van der Waals surface area contributed by atoms with Crippen LogP contribution >= 0.6 is 0 Å². The summed E-state index contributed by atoms with van der Waals surface area (Å²) in [5, 5.41) is 12.8. The van der Waals surface area contributed by atoms with E-state index in [1.165, 1.54) is 0 Å². The van der Waals surface area contributed by atoms with Crippen LogP contribution in [0.25, 0.3) is 11.5 Å². The van der Waals surface area contributed by atoms with Crippen molar-refractivity contribution >= 4 is 0 Å². The second kappa shape index (κ2) is 6.68. The van der Waals surface area contributed by atoms with Crippen molar-refractivity contribution < 1.29 is 9.52 Å². The molecular formula is C16H22N2O2. The molecule has 1 unspecified atom stereocenters. The molecule has 0 bridgehead atoms. The molecule has 0 aliphatic heterocycles. The summed E-state index contributed by atoms with van der Waals surface area (Å²) < 4.78 is 5.50. The second-order valence-electron chi connectivity index (χ2n) is 5.33. The summed E-state index contributed by atoms with van der Waals surface area (Å²) >= 11 is 0. The Morgan fingerprint density at radius 2 is 2.05 bits per heavy atom. The van der Waals surface area contributed by atoms with Crippen LogP contribution in [0.15, 0.2) is 41.0 Å². The molecule has 0 saturated carbocycles. The van der Waals surface area contributed by atoms with E-state index in [-0.39, 0.29) is 12.1 Å². The number of nitrogens with one attached hydrogen (secondary N) is 1. The summed E-state index contributed by atoms with van der Waals surface area (Å²) in [5.74, 6) is 0.628. The van der Waals surface area contributed by atoms with Crippen molar-refractivity contribution in [1.82, 2.24) is 10.3 Å². The smallest absolute Gasteiger partial charge is 0.226 e. The van der Waals surface area contributed by atoms with Gasteiger partial charge in [-0.1, -0.05) is 31.5 Å². The highest BCUT2D eigenvalue weighted by atomic mass is 16.3. The van der Waals surface area contributed by atoms with Crippen LogP contribution in [0.3, 0.4) is 0 Å². The average molecular weight is 274 g/mol. The van der Waals surface area contributed by atoms with Gasteiger partial charge in [0.2, 0.25) is 5.89 Å². The quantitative estimate of drug-likeness (QED) is 0.815. The highest BCUT2D eigenvalue weighted by Gasteiger charge is 2.21. The van der Waals surface area contributed by atoms with E-state index in [0.717, 1.165) is 24.1 Å². The van der Waals surface area contributed by atoms with Crippen molar-refractivity contribution in [3.8, 4) is 11.5 Å². The summed E-state index contributed by atoms with van der Waals surface area (Å²) in [7, 11) is 0. The largest absolute Gasteiger partial charge is 0.444 e. The monoisotopic (exact) mass is 274 g/mol. The van der Waals surface area contributed by atoms with E-state index in [1.807, 2.05) is 37.3 Å². The molecule has 0 aliphatic rings. The van der Waals surface area contributed by atoms with Crippen LogP contribution in [0, 0.1) is 0 Å². The van der Waals surface area contributed by atoms with E-state index in [2.05, 4.69) is 17.2 Å². The average Bonchev–Trinajstić information content (AvgIpc) is 2.95. The maximum absolute atomic E-state index is 9.47. The highest BCUT2D eigenvalue weighted by molar-refractivity contribution is 5.52. The van der Waals surface area contributed by atoms with Crippen LogP contribution in [0.4, 0.5) is 0 Å². The summed E-state index contributed by atoms with van der Waals surface area (Å²) in [6, 6.07) is 9.82. The van der Waals surface area contributed by atoms with Crippen LogP contribution in [0.5, 0.6) is 0 Å². The summed E-state index contributed by atoms with van der Waals surface area (Å²) in [4.78, 5) is 4.47. The lowest BCUT2D eigenvalue weighted by Gasteiger charge is -2.28. The van der Waals surface area contributed by atoms with Crippen LogP contribution < -0.4 is 5.32 Å². The molecule has 2 aromatic rings. The predicted molar refractivity (Wildman–Crippen MR) is 79.2 cm³/mol. The summed E-state index contributed by atoms with van der Waals surface area (Å²) in [6.45, 7) is 4.84. The minimum Gasteiger partial charge on any atom is -0.444 e. The number of oxazole rings is 1. The Balaban J connectivity index is 2.00. The van der Waals surface area contributed by atoms with Crippen molar-refractivity contribution in [2.75, 3.05) is 6.61 Å². The highest BCUT2D eigenvalue weighted by Crippen LogP contribution is 2.18. The summed E-state index contributed by atoms with van der Waals surface area (Å²) in [6.07, 6.45) is 3.62. The van der Waals surface area contributed by atoms with Crippen molar-refractivity contribution in [3.63, 3.8) is 0 Å². The van der Waals surface area contributed by atoms with Crippen molar-refractivity contribution in [3.05, 3.63) is 42.3 Å². The zero-order valence-electron chi connectivity index (χ0n) is 12.1. The van der Waals surface area contributed by atoms with Crippen molar-refractivity contribution in [2.45, 2.75) is 38.8 Å². The molecule has 0 aliphatic carbocycles. The second-order valence-corrected chi connectivity index (χ2v) is 5.33. The molecule has 2 N–H and O–H groups in total. The van der Waals surface area contributed by atoms with Gasteiger partial charge in [0.1, 0.15) is 6.26 Å². The molecule has 4 heteroatoms. The van der Waals surface area contributed by atoms with Gasteiger partial charge in [0.15, 0.2) is 0 Å². The first-order valence-electron chi connectivity index (χ1n) is 7.02. The minimum absolute atomic E-state index is 0.115. The maximum Gasteiger partial charge on any atom is 0.226 e. The van der Waals surface area contributed by atoms with Gasteiger partial charge in [-0.15, -0.1) is 0 Å². The number of nitrogens with zero attached hydrogens (tertiary/aromatic N) is 1. The molecule has 0 amide bonds. The number of hydrogen-bond donors (Lipinski definition) is 2. The minimum atomic E-state index is -0.263. The predicted octanol–water partition coefficient (Wildman–Crippen LogP) is 2.98. The van der Waals surface area contributed by atoms with Gasteiger partial charge in [0.25, 0.3) is 0 Å². The van der Waals surface area contributed by atoms with Gasteiger partial charge in [0.05, 0.1) is 12.3 Å². The van der Waals surface area contributed by atoms with E-state index >= 15 is 0 Å². The van der Waals surface area contributed by atoms with Gasteiger partial charge in [0, 0.05) is 17.6 Å². The van der Waals surface area contributed by atoms with Crippen molar-refractivity contribution in [2.24, 2.45) is 0 Å². The standard InChI is InChI=1S/C16H22N2O2/c1-3-9-16(2,12-19)17-10-14-11-20-15(18-14)13-7-5-4-6-8-13/h4-8,11,17,19H,3,9-10,12H2,1-2H3. The Labute approximate surface area is 119 Å². The van der Waals surface area contributed by atoms with Gasteiger partial charge in [-0.2, -0.15) is 0 Å². The molecule has 108 valence electrons. The summed E-state index contributed by atoms with van der Waals surface area (Å²) in [5.41, 5.74) is 1.55. The third kappa shape index (κ3) is 3.68. The molecule has 1 aromatic heterocycles. The molecule has 1 heterocycles. The van der Waals surface area contributed by atoms with Gasteiger partial charge < -0.3 is 14.8 Å². The van der Waals surface area contributed by atoms with E-state index < -0.39 is 0 Å². The zero-order valence-corrected chi connectivity index (χ0v) is 12.1. The molecule has 0 spiro atoms. The third-order valence-corrected chi connectivity index (χ3v) is 3.42. The Morgan fingerprint density at radius 1 is 1.30 bits per heavy atom. The number of aromatic nitrogens is 1. The van der Waals surface area contributed by atoms with Gasteiger partial charge >= 0.3 is 0 Å². The van der Waals surface area contributed by atoms with E-state index in [4.69, 9.17) is 4.42 Å². The molecule has 0 radical (unpaired) electrons. The zero-order chi connectivity index (χ0) is 14.4. The van der Waals surface area contributed by atoms with E-state index in [1.54, 1.807) is 6.26 Å². The lowest BCUT2D eigenvalue weighted by atomic mass is 9.97. The van der Waals surface area contributed by atoms with Crippen LogP contribution in [-0.2, 0) is 6.54 Å². The molecule has 0 saturated heterocycles. The first-order valence-corrected chi connectivity index (χ1v) is 7.02. The number of benzene rings is 1. The lowest BCUT2D eigenvalue weighted by Crippen LogP contribution is -2.45. The number of rotatable bonds is 7. The molecule has 0 fully saturated rings. The number of aliphatic hydroxyl groups is 1. The molecule has 1 aromatic carbocycles. The normalized spacial score (nSPS) is 14.2. The lowest BCUT2D eigenvalue weighted by molar-refractivity contribution is 0.163. The molecule has 2 rings (SSSR count). The fraction of sp³-hybridized carbons (Fsp3) is 0.438. The molecule has 20 heavy (non-hydrogen) atoms. The van der Waals surface area contributed by atoms with Crippen LogP contribution in [0.1, 0.15) is 32.4 Å². The first-order chi connectivity index (χ1) is 9.67. The van der Waals surface area contributed by atoms with Gasteiger partial charge in [-0.25, -0.2) is 4.98 Å². The molecule has 4 nitrogen and oxygen atoms in total. The van der Waals surface area contributed by atoms with Crippen molar-refractivity contribution in [1.29, 1.82) is 0 Å². The fourth-order valence-electron chi connectivity index (χ4n) is 2.18. The number of aliphatic hydroxyl groups excluding tert-OH is 1. The third-order valence-electron chi connectivity index (χ3n) is 3.42.